The molecule has 7 heteroatoms. The summed E-state index contributed by atoms with van der Waals surface area (Å²) in [5.41, 5.74) is 3.21. The van der Waals surface area contributed by atoms with Gasteiger partial charge in [-0.2, -0.15) is 0 Å². The summed E-state index contributed by atoms with van der Waals surface area (Å²) < 4.78 is 16.8. The molecule has 1 aliphatic carbocycles. The Balaban J connectivity index is 1.35. The van der Waals surface area contributed by atoms with E-state index < -0.39 is 6.29 Å². The monoisotopic (exact) mass is 552 g/mol. The smallest absolute Gasteiger partial charge is 0.225 e. The van der Waals surface area contributed by atoms with Gasteiger partial charge in [-0.1, -0.05) is 61.7 Å². The molecule has 1 aliphatic heterocycles. The maximum atomic E-state index is 13.2. The Morgan fingerprint density at radius 1 is 1.02 bits per heavy atom. The molecule has 0 spiro atoms. The summed E-state index contributed by atoms with van der Waals surface area (Å²) >= 11 is 0. The molecule has 0 atom stereocenters. The molecule has 0 radical (unpaired) electrons. The largest absolute Gasteiger partial charge is 0.508 e. The standard InChI is InChI=1S/C33H48N2O5/c1-34-20-18-33(19-21-34,27-10-6-4-7-11-27)29-24-26(14-15-30(29)36)16-22-40-23-17-31(37)35(25-32(38-2)39-3)28-12-8-5-9-13-28/h4,6-7,10-11,14-15,24,28,32,36H,5,8-9,12-13,16-23,25H2,1-3H3. The van der Waals surface area contributed by atoms with Crippen molar-refractivity contribution in [3.05, 3.63) is 65.2 Å². The van der Waals surface area contributed by atoms with Gasteiger partial charge in [-0.3, -0.25) is 4.79 Å². The predicted octanol–water partition coefficient (Wildman–Crippen LogP) is 5.13. The molecule has 0 unspecified atom stereocenters. The molecule has 4 rings (SSSR count). The third-order valence-corrected chi connectivity index (χ3v) is 8.95. The fraction of sp³-hybridized carbons (Fsp3) is 0.606. The summed E-state index contributed by atoms with van der Waals surface area (Å²) in [4.78, 5) is 17.5. The number of hydrogen-bond donors (Lipinski definition) is 1. The molecule has 2 fully saturated rings. The van der Waals surface area contributed by atoms with Crippen LogP contribution >= 0.6 is 0 Å². The molecule has 0 aromatic heterocycles. The average molecular weight is 553 g/mol. The second kappa shape index (κ2) is 15.0. The SMILES string of the molecule is COC(CN(C(=O)CCOCCc1ccc(O)c(C2(c3ccccc3)CCN(C)CC2)c1)C1CCCCC1)OC. The molecule has 2 aromatic carbocycles. The Kier molecular flexibility index (Phi) is 11.4. The van der Waals surface area contributed by atoms with Crippen LogP contribution in [0.25, 0.3) is 0 Å². The molecule has 0 bridgehead atoms. The Bertz CT molecular complexity index is 1040. The summed E-state index contributed by atoms with van der Waals surface area (Å²) in [6, 6.07) is 16.8. The quantitative estimate of drug-likeness (QED) is 0.274. The van der Waals surface area contributed by atoms with Crippen LogP contribution in [0, 0.1) is 0 Å². The third-order valence-electron chi connectivity index (χ3n) is 8.95. The van der Waals surface area contributed by atoms with Crippen molar-refractivity contribution < 1.29 is 24.1 Å². The number of carbonyl (C=O) groups excluding carboxylic acids is 1. The molecule has 1 amide bonds. The Labute approximate surface area is 240 Å². The number of phenols is 1. The number of ether oxygens (including phenoxy) is 3. The Morgan fingerprint density at radius 2 is 1.73 bits per heavy atom. The molecule has 2 aliphatic rings. The number of likely N-dealkylation sites (tertiary alicyclic amines) is 1. The van der Waals surface area contributed by atoms with Crippen LogP contribution in [0.3, 0.4) is 0 Å². The van der Waals surface area contributed by atoms with Crippen LogP contribution in [0.1, 0.15) is 68.1 Å². The van der Waals surface area contributed by atoms with E-state index in [-0.39, 0.29) is 17.4 Å². The fourth-order valence-electron chi connectivity index (χ4n) is 6.44. The third kappa shape index (κ3) is 7.64. The van der Waals surface area contributed by atoms with Gasteiger partial charge in [-0.15, -0.1) is 0 Å². The lowest BCUT2D eigenvalue weighted by atomic mass is 9.67. The number of amides is 1. The van der Waals surface area contributed by atoms with Gasteiger partial charge in [0.15, 0.2) is 6.29 Å². The number of phenolic OH excluding ortho intramolecular Hbond substituents is 1. The van der Waals surface area contributed by atoms with E-state index in [9.17, 15) is 9.90 Å². The lowest BCUT2D eigenvalue weighted by Crippen LogP contribution is -2.46. The van der Waals surface area contributed by atoms with Gasteiger partial charge in [0.05, 0.1) is 26.2 Å². The van der Waals surface area contributed by atoms with E-state index in [1.807, 2.05) is 23.1 Å². The molecule has 40 heavy (non-hydrogen) atoms. The topological polar surface area (TPSA) is 71.5 Å². The predicted molar refractivity (Wildman–Crippen MR) is 158 cm³/mol. The molecule has 1 N–H and O–H groups in total. The van der Waals surface area contributed by atoms with Gasteiger partial charge in [0.1, 0.15) is 5.75 Å². The maximum Gasteiger partial charge on any atom is 0.225 e. The number of aromatic hydroxyl groups is 1. The van der Waals surface area contributed by atoms with E-state index in [0.717, 1.165) is 69.2 Å². The van der Waals surface area contributed by atoms with Crippen molar-refractivity contribution in [2.45, 2.75) is 75.5 Å². The van der Waals surface area contributed by atoms with Gasteiger partial charge < -0.3 is 29.1 Å². The number of carbonyl (C=O) groups is 1. The summed E-state index contributed by atoms with van der Waals surface area (Å²) in [6.07, 6.45) is 8.23. The van der Waals surface area contributed by atoms with Gasteiger partial charge in [0.25, 0.3) is 0 Å². The minimum absolute atomic E-state index is 0.102. The lowest BCUT2D eigenvalue weighted by molar-refractivity contribution is -0.151. The highest BCUT2D eigenvalue weighted by atomic mass is 16.7. The van der Waals surface area contributed by atoms with Crippen LogP contribution in [-0.2, 0) is 30.8 Å². The van der Waals surface area contributed by atoms with Crippen LogP contribution < -0.4 is 0 Å². The minimum Gasteiger partial charge on any atom is -0.508 e. The van der Waals surface area contributed by atoms with Crippen LogP contribution in [0.5, 0.6) is 5.75 Å². The molecule has 1 heterocycles. The minimum atomic E-state index is -0.417. The molecule has 2 aromatic rings. The van der Waals surface area contributed by atoms with Crippen molar-refractivity contribution in [2.24, 2.45) is 0 Å². The highest BCUT2D eigenvalue weighted by Gasteiger charge is 2.39. The summed E-state index contributed by atoms with van der Waals surface area (Å²) in [7, 11) is 5.39. The number of rotatable bonds is 13. The van der Waals surface area contributed by atoms with Gasteiger partial charge in [-0.05, 0) is 69.4 Å². The first kappa shape index (κ1) is 30.5. The van der Waals surface area contributed by atoms with Gasteiger partial charge in [0, 0.05) is 31.2 Å². The molecule has 1 saturated carbocycles. The first-order chi connectivity index (χ1) is 19.5. The number of hydrogen-bond acceptors (Lipinski definition) is 6. The van der Waals surface area contributed by atoms with E-state index in [1.165, 1.54) is 12.0 Å². The number of methoxy groups -OCH3 is 2. The van der Waals surface area contributed by atoms with Crippen LogP contribution in [0.15, 0.2) is 48.5 Å². The first-order valence-electron chi connectivity index (χ1n) is 15.0. The normalized spacial score (nSPS) is 18.2. The lowest BCUT2D eigenvalue weighted by Gasteiger charge is -2.42. The van der Waals surface area contributed by atoms with Crippen LogP contribution in [0.2, 0.25) is 0 Å². The van der Waals surface area contributed by atoms with Crippen molar-refractivity contribution in [2.75, 3.05) is 54.1 Å². The Morgan fingerprint density at radius 3 is 2.40 bits per heavy atom. The second-order valence-electron chi connectivity index (χ2n) is 11.5. The zero-order valence-corrected chi connectivity index (χ0v) is 24.6. The maximum absolute atomic E-state index is 13.2. The number of nitrogens with zero attached hydrogens (tertiary/aromatic N) is 2. The average Bonchev–Trinajstić information content (AvgIpc) is 3.00. The molecule has 1 saturated heterocycles. The second-order valence-corrected chi connectivity index (χ2v) is 11.5. The van der Waals surface area contributed by atoms with E-state index in [0.29, 0.717) is 31.9 Å². The summed E-state index contributed by atoms with van der Waals surface area (Å²) in [6.45, 7) is 3.34. The number of piperidine rings is 1. The Hall–Kier alpha value is -2.45. The fourth-order valence-corrected chi connectivity index (χ4v) is 6.44. The molecular formula is C33H48N2O5. The van der Waals surface area contributed by atoms with Crippen molar-refractivity contribution in [1.82, 2.24) is 9.80 Å². The first-order valence-corrected chi connectivity index (χ1v) is 15.0. The molecular weight excluding hydrogens is 504 g/mol. The van der Waals surface area contributed by atoms with Gasteiger partial charge >= 0.3 is 0 Å². The van der Waals surface area contributed by atoms with E-state index in [1.54, 1.807) is 14.2 Å². The zero-order chi connectivity index (χ0) is 28.4. The van der Waals surface area contributed by atoms with Crippen LogP contribution in [0.4, 0.5) is 0 Å². The van der Waals surface area contributed by atoms with Gasteiger partial charge in [0.2, 0.25) is 5.91 Å². The van der Waals surface area contributed by atoms with Crippen molar-refractivity contribution in [3.8, 4) is 5.75 Å². The van der Waals surface area contributed by atoms with E-state index in [2.05, 4.69) is 42.3 Å². The number of benzene rings is 2. The highest BCUT2D eigenvalue weighted by Crippen LogP contribution is 2.45. The molecule has 7 nitrogen and oxygen atoms in total. The van der Waals surface area contributed by atoms with Crippen LogP contribution in [-0.4, -0.2) is 87.3 Å². The van der Waals surface area contributed by atoms with Crippen molar-refractivity contribution >= 4 is 5.91 Å². The highest BCUT2D eigenvalue weighted by molar-refractivity contribution is 5.76. The zero-order valence-electron chi connectivity index (χ0n) is 24.6. The van der Waals surface area contributed by atoms with E-state index >= 15 is 0 Å². The van der Waals surface area contributed by atoms with E-state index in [4.69, 9.17) is 14.2 Å². The summed E-state index contributed by atoms with van der Waals surface area (Å²) in [5.74, 6) is 0.460. The van der Waals surface area contributed by atoms with Gasteiger partial charge in [-0.25, -0.2) is 0 Å². The molecule has 220 valence electrons. The van der Waals surface area contributed by atoms with Crippen molar-refractivity contribution in [1.29, 1.82) is 0 Å². The summed E-state index contributed by atoms with van der Waals surface area (Å²) in [5, 5.41) is 11.0. The van der Waals surface area contributed by atoms with Crippen molar-refractivity contribution in [3.63, 3.8) is 0 Å².